The largest absolute Gasteiger partial charge is 0.310 e. The Morgan fingerprint density at radius 1 is 1.26 bits per heavy atom. The van der Waals surface area contributed by atoms with Gasteiger partial charge in [0.05, 0.1) is 0 Å². The molecule has 2 nitrogen and oxygen atoms in total. The minimum atomic E-state index is 0.407. The molecule has 1 heterocycles. The van der Waals surface area contributed by atoms with Crippen LogP contribution in [0, 0.1) is 0 Å². The second-order valence-electron chi connectivity index (χ2n) is 4.75. The molecule has 0 aliphatic carbocycles. The fraction of sp³-hybridized carbons (Fsp3) is 0.333. The maximum atomic E-state index is 3.54. The Balaban J connectivity index is 1.91. The molecule has 1 N–H and O–H groups in total. The van der Waals surface area contributed by atoms with Gasteiger partial charge in [-0.1, -0.05) is 30.3 Å². The van der Waals surface area contributed by atoms with Gasteiger partial charge in [-0.15, -0.1) is 11.3 Å². The molecule has 1 aromatic heterocycles. The molecule has 0 amide bonds. The van der Waals surface area contributed by atoms with Gasteiger partial charge in [0, 0.05) is 33.9 Å². The summed E-state index contributed by atoms with van der Waals surface area (Å²) in [6.07, 6.45) is 0. The molecule has 0 aliphatic heterocycles. The highest BCUT2D eigenvalue weighted by atomic mass is 79.9. The first-order chi connectivity index (χ1) is 9.16. The summed E-state index contributed by atoms with van der Waals surface area (Å²) in [4.78, 5) is 3.62. The molecule has 1 aromatic carbocycles. The first-order valence-corrected chi connectivity index (χ1v) is 7.99. The van der Waals surface area contributed by atoms with Gasteiger partial charge in [0.2, 0.25) is 0 Å². The lowest BCUT2D eigenvalue weighted by Gasteiger charge is -2.25. The third-order valence-electron chi connectivity index (χ3n) is 3.07. The number of benzene rings is 1. The van der Waals surface area contributed by atoms with Gasteiger partial charge in [0.25, 0.3) is 0 Å². The molecule has 1 unspecified atom stereocenters. The van der Waals surface area contributed by atoms with E-state index >= 15 is 0 Å². The van der Waals surface area contributed by atoms with Gasteiger partial charge in [-0.05, 0) is 41.7 Å². The lowest BCUT2D eigenvalue weighted by molar-refractivity contribution is 0.288. The van der Waals surface area contributed by atoms with Crippen LogP contribution < -0.4 is 5.32 Å². The minimum absolute atomic E-state index is 0.407. The predicted molar refractivity (Wildman–Crippen MR) is 86.6 cm³/mol. The van der Waals surface area contributed by atoms with Crippen molar-refractivity contribution in [3.8, 4) is 0 Å². The van der Waals surface area contributed by atoms with Crippen molar-refractivity contribution in [1.29, 1.82) is 0 Å². The Morgan fingerprint density at radius 3 is 2.58 bits per heavy atom. The molecule has 0 aliphatic rings. The van der Waals surface area contributed by atoms with Crippen molar-refractivity contribution in [2.75, 3.05) is 20.6 Å². The number of nitrogens with one attached hydrogen (secondary N) is 1. The summed E-state index contributed by atoms with van der Waals surface area (Å²) >= 11 is 5.27. The average Bonchev–Trinajstić information content (AvgIpc) is 2.81. The third-order valence-corrected chi connectivity index (χ3v) is 4.76. The van der Waals surface area contributed by atoms with Gasteiger partial charge in [-0.2, -0.15) is 0 Å². The Labute approximate surface area is 127 Å². The highest BCUT2D eigenvalue weighted by molar-refractivity contribution is 9.10. The number of rotatable bonds is 6. The van der Waals surface area contributed by atoms with Crippen LogP contribution in [0.4, 0.5) is 0 Å². The number of likely N-dealkylation sites (N-methyl/N-ethyl adjacent to an activating group) is 1. The maximum absolute atomic E-state index is 3.54. The third kappa shape index (κ3) is 4.42. The summed E-state index contributed by atoms with van der Waals surface area (Å²) in [5, 5.41) is 5.67. The van der Waals surface area contributed by atoms with E-state index < -0.39 is 0 Å². The number of hydrogen-bond acceptors (Lipinski definition) is 3. The molecule has 0 fully saturated rings. The van der Waals surface area contributed by atoms with Crippen molar-refractivity contribution < 1.29 is 0 Å². The number of nitrogens with zero attached hydrogens (tertiary/aromatic N) is 1. The average molecular weight is 339 g/mol. The van der Waals surface area contributed by atoms with E-state index in [9.17, 15) is 0 Å². The highest BCUT2D eigenvalue weighted by Gasteiger charge is 2.13. The zero-order chi connectivity index (χ0) is 13.7. The molecule has 0 radical (unpaired) electrons. The SMILES string of the molecule is CN(C)C(CNCc1cc(Br)cs1)c1ccccc1. The van der Waals surface area contributed by atoms with Crippen molar-refractivity contribution in [2.45, 2.75) is 12.6 Å². The molecule has 0 spiro atoms. The summed E-state index contributed by atoms with van der Waals surface area (Å²) in [7, 11) is 4.25. The second-order valence-corrected chi connectivity index (χ2v) is 6.66. The van der Waals surface area contributed by atoms with E-state index in [1.165, 1.54) is 14.9 Å². The number of hydrogen-bond donors (Lipinski definition) is 1. The van der Waals surface area contributed by atoms with Crippen molar-refractivity contribution in [2.24, 2.45) is 0 Å². The van der Waals surface area contributed by atoms with E-state index in [1.807, 2.05) is 0 Å². The summed E-state index contributed by atoms with van der Waals surface area (Å²) in [6.45, 7) is 1.87. The molecular weight excluding hydrogens is 320 g/mol. The number of thiophene rings is 1. The Bertz CT molecular complexity index is 496. The quantitative estimate of drug-likeness (QED) is 0.859. The van der Waals surface area contributed by atoms with E-state index in [1.54, 1.807) is 11.3 Å². The van der Waals surface area contributed by atoms with Crippen LogP contribution in [0.25, 0.3) is 0 Å². The van der Waals surface area contributed by atoms with E-state index in [2.05, 4.69) is 82.0 Å². The second kappa shape index (κ2) is 7.20. The standard InChI is InChI=1S/C15H19BrN2S/c1-18(2)15(12-6-4-3-5-7-12)10-17-9-14-8-13(16)11-19-14/h3-8,11,15,17H,9-10H2,1-2H3. The molecular formula is C15H19BrN2S. The normalized spacial score (nSPS) is 12.8. The van der Waals surface area contributed by atoms with Crippen molar-refractivity contribution in [1.82, 2.24) is 10.2 Å². The van der Waals surface area contributed by atoms with Crippen LogP contribution in [0.5, 0.6) is 0 Å². The monoisotopic (exact) mass is 338 g/mol. The molecule has 1 atom stereocenters. The lowest BCUT2D eigenvalue weighted by atomic mass is 10.1. The lowest BCUT2D eigenvalue weighted by Crippen LogP contribution is -2.30. The summed E-state index contributed by atoms with van der Waals surface area (Å²) in [5.74, 6) is 0. The van der Waals surface area contributed by atoms with Crippen LogP contribution in [0.3, 0.4) is 0 Å². The molecule has 102 valence electrons. The Morgan fingerprint density at radius 2 is 2.00 bits per heavy atom. The van der Waals surface area contributed by atoms with Crippen molar-refractivity contribution >= 4 is 27.3 Å². The Hall–Kier alpha value is -0.680. The van der Waals surface area contributed by atoms with Gasteiger partial charge in [0.15, 0.2) is 0 Å². The molecule has 0 saturated heterocycles. The molecule has 19 heavy (non-hydrogen) atoms. The van der Waals surface area contributed by atoms with Crippen molar-refractivity contribution in [3.05, 3.63) is 56.7 Å². The Kier molecular flexibility index (Phi) is 5.58. The van der Waals surface area contributed by atoms with E-state index in [4.69, 9.17) is 0 Å². The van der Waals surface area contributed by atoms with Crippen LogP contribution in [-0.2, 0) is 6.54 Å². The van der Waals surface area contributed by atoms with Gasteiger partial charge < -0.3 is 10.2 Å². The predicted octanol–water partition coefficient (Wildman–Crippen LogP) is 3.90. The summed E-state index contributed by atoms with van der Waals surface area (Å²) in [5.41, 5.74) is 1.35. The minimum Gasteiger partial charge on any atom is -0.310 e. The zero-order valence-electron chi connectivity index (χ0n) is 11.3. The van der Waals surface area contributed by atoms with E-state index in [0.717, 1.165) is 13.1 Å². The van der Waals surface area contributed by atoms with Crippen LogP contribution in [0.2, 0.25) is 0 Å². The zero-order valence-corrected chi connectivity index (χ0v) is 13.7. The molecule has 0 bridgehead atoms. The fourth-order valence-electron chi connectivity index (χ4n) is 2.05. The summed E-state index contributed by atoms with van der Waals surface area (Å²) in [6, 6.07) is 13.2. The molecule has 4 heteroatoms. The van der Waals surface area contributed by atoms with Gasteiger partial charge >= 0.3 is 0 Å². The first-order valence-electron chi connectivity index (χ1n) is 6.32. The van der Waals surface area contributed by atoms with E-state index in [0.29, 0.717) is 6.04 Å². The highest BCUT2D eigenvalue weighted by Crippen LogP contribution is 2.20. The fourth-order valence-corrected chi connectivity index (χ4v) is 3.47. The van der Waals surface area contributed by atoms with Crippen LogP contribution in [0.15, 0.2) is 46.3 Å². The van der Waals surface area contributed by atoms with Crippen LogP contribution >= 0.6 is 27.3 Å². The topological polar surface area (TPSA) is 15.3 Å². The van der Waals surface area contributed by atoms with Crippen LogP contribution in [0.1, 0.15) is 16.5 Å². The molecule has 0 saturated carbocycles. The smallest absolute Gasteiger partial charge is 0.0466 e. The van der Waals surface area contributed by atoms with Gasteiger partial charge in [-0.3, -0.25) is 0 Å². The van der Waals surface area contributed by atoms with Crippen LogP contribution in [-0.4, -0.2) is 25.5 Å². The van der Waals surface area contributed by atoms with E-state index in [-0.39, 0.29) is 0 Å². The van der Waals surface area contributed by atoms with Gasteiger partial charge in [0.1, 0.15) is 0 Å². The first kappa shape index (κ1) is 14.7. The molecule has 2 aromatic rings. The van der Waals surface area contributed by atoms with Crippen molar-refractivity contribution in [3.63, 3.8) is 0 Å². The number of halogens is 1. The summed E-state index contributed by atoms with van der Waals surface area (Å²) < 4.78 is 1.17. The van der Waals surface area contributed by atoms with Gasteiger partial charge in [-0.25, -0.2) is 0 Å². The maximum Gasteiger partial charge on any atom is 0.0466 e. The molecule has 2 rings (SSSR count).